The predicted octanol–water partition coefficient (Wildman–Crippen LogP) is 3.88. The maximum absolute atomic E-state index is 13.0. The van der Waals surface area contributed by atoms with E-state index in [1.807, 2.05) is 27.7 Å². The Morgan fingerprint density at radius 2 is 1.91 bits per heavy atom. The van der Waals surface area contributed by atoms with Gasteiger partial charge in [-0.1, -0.05) is 29.8 Å². The molecule has 0 radical (unpaired) electrons. The lowest BCUT2D eigenvalue weighted by molar-refractivity contribution is -0.130. The summed E-state index contributed by atoms with van der Waals surface area (Å²) in [4.78, 5) is 34.9. The Morgan fingerprint density at radius 3 is 2.72 bits per heavy atom. The molecule has 5 rings (SSSR count). The molecule has 0 unspecified atom stereocenters. The molecule has 7 nitrogen and oxygen atoms in total. The van der Waals surface area contributed by atoms with Crippen LogP contribution in [0.3, 0.4) is 0 Å². The SMILES string of the molecule is O=C(Nc1ccccc1Cl)c1cnc2n1[C@H]1CCC[C@H]1N(C(=O)/C=C/CN1CCCC1)C2. The third-order valence-corrected chi connectivity index (χ3v) is 7.15. The van der Waals surface area contributed by atoms with E-state index in [1.165, 1.54) is 12.8 Å². The van der Waals surface area contributed by atoms with E-state index in [-0.39, 0.29) is 23.9 Å². The van der Waals surface area contributed by atoms with Crippen LogP contribution in [0.1, 0.15) is 54.5 Å². The smallest absolute Gasteiger partial charge is 0.273 e. The molecule has 2 aliphatic heterocycles. The van der Waals surface area contributed by atoms with Gasteiger partial charge in [-0.15, -0.1) is 0 Å². The number of para-hydroxylation sites is 1. The molecule has 1 saturated heterocycles. The third kappa shape index (κ3) is 4.07. The first-order valence-electron chi connectivity index (χ1n) is 11.4. The van der Waals surface area contributed by atoms with E-state index in [9.17, 15) is 9.59 Å². The van der Waals surface area contributed by atoms with Crippen molar-refractivity contribution in [1.82, 2.24) is 19.4 Å². The standard InChI is InChI=1S/C24H28ClN5O2/c25-17-7-1-2-8-18(17)27-24(32)21-15-26-22-16-29(19-9-5-10-20(19)30(21)22)23(31)11-6-14-28-12-3-4-13-28/h1-2,6-8,11,15,19-20H,3-5,9-10,12-14,16H2,(H,27,32)/b11-6+/t19-,20+/m1/s1. The summed E-state index contributed by atoms with van der Waals surface area (Å²) in [5.74, 6) is 0.573. The molecule has 2 fully saturated rings. The molecule has 1 aromatic carbocycles. The van der Waals surface area contributed by atoms with Crippen LogP contribution in [-0.2, 0) is 11.3 Å². The van der Waals surface area contributed by atoms with Crippen LogP contribution in [0, 0.1) is 0 Å². The fraction of sp³-hybridized carbons (Fsp3) is 0.458. The number of nitrogens with one attached hydrogen (secondary N) is 1. The lowest BCUT2D eigenvalue weighted by Gasteiger charge is -2.38. The maximum Gasteiger partial charge on any atom is 0.273 e. The highest BCUT2D eigenvalue weighted by Gasteiger charge is 2.42. The lowest BCUT2D eigenvalue weighted by atomic mass is 10.1. The normalized spacial score (nSPS) is 22.8. The van der Waals surface area contributed by atoms with Gasteiger partial charge in [-0.25, -0.2) is 4.98 Å². The Bertz CT molecular complexity index is 1040. The molecule has 1 aromatic heterocycles. The van der Waals surface area contributed by atoms with Crippen LogP contribution >= 0.6 is 11.6 Å². The number of aromatic nitrogens is 2. The average Bonchev–Trinajstić information content (AvgIpc) is 3.54. The van der Waals surface area contributed by atoms with Gasteiger partial charge >= 0.3 is 0 Å². The van der Waals surface area contributed by atoms with Crippen molar-refractivity contribution in [3.05, 3.63) is 59.2 Å². The molecular formula is C24H28ClN5O2. The number of carbonyl (C=O) groups excluding carboxylic acids is 2. The molecule has 1 N–H and O–H groups in total. The fourth-order valence-electron chi connectivity index (χ4n) is 5.26. The Hall–Kier alpha value is -2.64. The summed E-state index contributed by atoms with van der Waals surface area (Å²) >= 11 is 6.21. The molecule has 8 heteroatoms. The average molecular weight is 454 g/mol. The van der Waals surface area contributed by atoms with Crippen molar-refractivity contribution in [3.63, 3.8) is 0 Å². The number of hydrogen-bond acceptors (Lipinski definition) is 4. The van der Waals surface area contributed by atoms with Gasteiger partial charge in [0, 0.05) is 12.6 Å². The molecule has 2 amide bonds. The zero-order chi connectivity index (χ0) is 22.1. The third-order valence-electron chi connectivity index (χ3n) is 6.82. The van der Waals surface area contributed by atoms with E-state index in [4.69, 9.17) is 11.6 Å². The molecule has 3 heterocycles. The van der Waals surface area contributed by atoms with Crippen LogP contribution in [0.25, 0.3) is 0 Å². The first kappa shape index (κ1) is 21.2. The summed E-state index contributed by atoms with van der Waals surface area (Å²) in [5.41, 5.74) is 1.10. The van der Waals surface area contributed by atoms with Crippen LogP contribution in [0.5, 0.6) is 0 Å². The van der Waals surface area contributed by atoms with Gasteiger partial charge in [-0.3, -0.25) is 14.5 Å². The number of hydrogen-bond donors (Lipinski definition) is 1. The molecule has 168 valence electrons. The number of amides is 2. The van der Waals surface area contributed by atoms with Crippen LogP contribution in [0.4, 0.5) is 5.69 Å². The second-order valence-corrected chi connectivity index (χ2v) is 9.21. The Morgan fingerprint density at radius 1 is 1.12 bits per heavy atom. The quantitative estimate of drug-likeness (QED) is 0.697. The summed E-state index contributed by atoms with van der Waals surface area (Å²) in [6.45, 7) is 3.48. The largest absolute Gasteiger partial charge is 0.327 e. The highest BCUT2D eigenvalue weighted by molar-refractivity contribution is 6.33. The summed E-state index contributed by atoms with van der Waals surface area (Å²) in [6.07, 6.45) is 10.7. The van der Waals surface area contributed by atoms with E-state index in [0.717, 1.165) is 44.7 Å². The van der Waals surface area contributed by atoms with E-state index >= 15 is 0 Å². The zero-order valence-corrected chi connectivity index (χ0v) is 18.8. The van der Waals surface area contributed by atoms with E-state index < -0.39 is 0 Å². The Labute approximate surface area is 193 Å². The molecule has 2 atom stereocenters. The fourth-order valence-corrected chi connectivity index (χ4v) is 5.45. The Balaban J connectivity index is 1.33. The summed E-state index contributed by atoms with van der Waals surface area (Å²) < 4.78 is 2.04. The van der Waals surface area contributed by atoms with Gasteiger partial charge in [0.25, 0.3) is 5.91 Å². The molecular weight excluding hydrogens is 426 g/mol. The Kier molecular flexibility index (Phi) is 6.02. The molecule has 1 saturated carbocycles. The minimum absolute atomic E-state index is 0.0393. The molecule has 0 bridgehead atoms. The van der Waals surface area contributed by atoms with Gasteiger partial charge in [0.2, 0.25) is 5.91 Å². The number of likely N-dealkylation sites (tertiary alicyclic amines) is 1. The van der Waals surface area contributed by atoms with Gasteiger partial charge < -0.3 is 14.8 Å². The van der Waals surface area contributed by atoms with Gasteiger partial charge in [-0.2, -0.15) is 0 Å². The minimum Gasteiger partial charge on any atom is -0.327 e. The summed E-state index contributed by atoms with van der Waals surface area (Å²) in [6, 6.07) is 7.35. The van der Waals surface area contributed by atoms with Gasteiger partial charge in [0.05, 0.1) is 35.5 Å². The van der Waals surface area contributed by atoms with Gasteiger partial charge in [-0.05, 0) is 57.3 Å². The lowest BCUT2D eigenvalue weighted by Crippen LogP contribution is -2.47. The van der Waals surface area contributed by atoms with Crippen molar-refractivity contribution in [2.75, 3.05) is 25.0 Å². The van der Waals surface area contributed by atoms with E-state index in [2.05, 4.69) is 15.2 Å². The second-order valence-electron chi connectivity index (χ2n) is 8.81. The number of halogens is 1. The van der Waals surface area contributed by atoms with Crippen molar-refractivity contribution in [2.24, 2.45) is 0 Å². The van der Waals surface area contributed by atoms with Crippen molar-refractivity contribution in [1.29, 1.82) is 0 Å². The number of rotatable bonds is 5. The monoisotopic (exact) mass is 453 g/mol. The summed E-state index contributed by atoms with van der Waals surface area (Å²) in [5, 5.41) is 3.40. The summed E-state index contributed by atoms with van der Waals surface area (Å²) in [7, 11) is 0. The highest BCUT2D eigenvalue weighted by Crippen LogP contribution is 2.40. The van der Waals surface area contributed by atoms with Crippen molar-refractivity contribution >= 4 is 29.1 Å². The van der Waals surface area contributed by atoms with Crippen LogP contribution in [0.2, 0.25) is 5.02 Å². The minimum atomic E-state index is -0.229. The van der Waals surface area contributed by atoms with Crippen molar-refractivity contribution < 1.29 is 9.59 Å². The molecule has 2 aromatic rings. The van der Waals surface area contributed by atoms with Gasteiger partial charge in [0.1, 0.15) is 11.5 Å². The zero-order valence-electron chi connectivity index (χ0n) is 18.0. The van der Waals surface area contributed by atoms with Crippen molar-refractivity contribution in [2.45, 2.75) is 50.7 Å². The molecule has 3 aliphatic rings. The number of anilines is 1. The van der Waals surface area contributed by atoms with E-state index in [0.29, 0.717) is 22.9 Å². The first-order chi connectivity index (χ1) is 15.6. The second kappa shape index (κ2) is 9.08. The molecule has 0 spiro atoms. The van der Waals surface area contributed by atoms with E-state index in [1.54, 1.807) is 24.4 Å². The predicted molar refractivity (Wildman–Crippen MR) is 124 cm³/mol. The van der Waals surface area contributed by atoms with Crippen LogP contribution in [0.15, 0.2) is 42.6 Å². The highest BCUT2D eigenvalue weighted by atomic mass is 35.5. The number of benzene rings is 1. The first-order valence-corrected chi connectivity index (χ1v) is 11.8. The van der Waals surface area contributed by atoms with Gasteiger partial charge in [0.15, 0.2) is 0 Å². The van der Waals surface area contributed by atoms with Crippen molar-refractivity contribution in [3.8, 4) is 0 Å². The molecule has 1 aliphatic carbocycles. The molecule has 32 heavy (non-hydrogen) atoms. The topological polar surface area (TPSA) is 70.5 Å². The number of fused-ring (bicyclic) bond motifs is 3. The number of carbonyl (C=O) groups is 2. The number of imidazole rings is 1. The number of nitrogens with zero attached hydrogens (tertiary/aromatic N) is 4. The maximum atomic E-state index is 13.0. The van der Waals surface area contributed by atoms with Crippen LogP contribution in [-0.4, -0.2) is 56.8 Å². The van der Waals surface area contributed by atoms with Crippen LogP contribution < -0.4 is 5.32 Å².